The molecule has 0 N–H and O–H groups in total. The van der Waals surface area contributed by atoms with Gasteiger partial charge in [0.05, 0.1) is 22.4 Å². The molecule has 4 aromatic carbocycles. The number of aromatic nitrogens is 6. The highest BCUT2D eigenvalue weighted by molar-refractivity contribution is 6.19. The van der Waals surface area contributed by atoms with Crippen LogP contribution in [-0.2, 0) is 5.66 Å². The van der Waals surface area contributed by atoms with Crippen LogP contribution in [0.3, 0.4) is 0 Å². The van der Waals surface area contributed by atoms with Gasteiger partial charge in [-0.25, -0.2) is 4.98 Å². The second kappa shape index (κ2) is 6.31. The fourth-order valence-electron chi connectivity index (χ4n) is 9.21. The zero-order valence-corrected chi connectivity index (χ0v) is 23.0. The summed E-state index contributed by atoms with van der Waals surface area (Å²) in [5, 5.41) is 7.17. The van der Waals surface area contributed by atoms with Crippen LogP contribution in [0, 0.1) is 0 Å². The highest BCUT2D eigenvalue weighted by atomic mass is 16.5. The predicted octanol–water partition coefficient (Wildman–Crippen LogP) is 6.51. The number of rotatable bonds is 0. The van der Waals surface area contributed by atoms with E-state index in [-0.39, 0.29) is 0 Å². The summed E-state index contributed by atoms with van der Waals surface area (Å²) in [5.74, 6) is 1.80. The molecular weight excluding hydrogens is 544 g/mol. The summed E-state index contributed by atoms with van der Waals surface area (Å²) in [5.41, 5.74) is 10.7. The van der Waals surface area contributed by atoms with Crippen LogP contribution in [0.2, 0.25) is 0 Å². The van der Waals surface area contributed by atoms with Crippen molar-refractivity contribution in [2.24, 2.45) is 0 Å². The van der Waals surface area contributed by atoms with E-state index in [1.54, 1.807) is 0 Å². The Kier molecular flexibility index (Phi) is 2.97. The number of imidazole rings is 2. The molecular formula is C37H18N6O+2. The molecule has 6 aromatic heterocycles. The van der Waals surface area contributed by atoms with Gasteiger partial charge in [-0.1, -0.05) is 24.3 Å². The number of nitrogens with zero attached hydrogens (tertiary/aromatic N) is 6. The average Bonchev–Trinajstić information content (AvgIpc) is 3.79. The lowest BCUT2D eigenvalue weighted by molar-refractivity contribution is -0.923. The van der Waals surface area contributed by atoms with Gasteiger partial charge in [0.2, 0.25) is 5.65 Å². The molecule has 200 valence electrons. The third-order valence-electron chi connectivity index (χ3n) is 10.5. The van der Waals surface area contributed by atoms with Gasteiger partial charge in [0.15, 0.2) is 27.6 Å². The zero-order valence-electron chi connectivity index (χ0n) is 23.0. The minimum absolute atomic E-state index is 0.711. The number of hydrogen-bond acceptors (Lipinski definition) is 3. The standard InChI is InChI=1S/C37H18N6O/c1-3-9-25-23(7-1)40-27-18-38-17-15-19(27)20-11-13-28-32-30(20)35(40)42(25)37(32)33-29(44-28)14-12-21-22-6-5-16-39-34(22)41-24-8-2-4-10-26(24)43(37)36(41)31(21)33/h1-18H/q+2. The van der Waals surface area contributed by atoms with Crippen molar-refractivity contribution in [2.45, 2.75) is 5.66 Å². The lowest BCUT2D eigenvalue weighted by Crippen LogP contribution is -2.71. The zero-order chi connectivity index (χ0) is 28.1. The molecule has 44 heavy (non-hydrogen) atoms. The van der Waals surface area contributed by atoms with Gasteiger partial charge >= 0.3 is 17.0 Å². The van der Waals surface area contributed by atoms with Crippen LogP contribution >= 0.6 is 0 Å². The van der Waals surface area contributed by atoms with E-state index in [4.69, 9.17) is 9.72 Å². The Hall–Kier alpha value is -6.08. The minimum Gasteiger partial charge on any atom is -0.456 e. The molecule has 0 fully saturated rings. The van der Waals surface area contributed by atoms with Crippen LogP contribution < -0.4 is 13.9 Å². The maximum Gasteiger partial charge on any atom is 0.316 e. The Bertz CT molecular complexity index is 2890. The van der Waals surface area contributed by atoms with Crippen LogP contribution in [0.4, 0.5) is 0 Å². The van der Waals surface area contributed by atoms with E-state index in [0.29, 0.717) is 0 Å². The monoisotopic (exact) mass is 562 g/mol. The molecule has 9 heterocycles. The molecule has 1 spiro atoms. The molecule has 1 unspecified atom stereocenters. The maximum atomic E-state index is 6.92. The molecule has 7 heteroatoms. The quantitative estimate of drug-likeness (QED) is 0.157. The van der Waals surface area contributed by atoms with Crippen LogP contribution in [-0.4, -0.2) is 18.8 Å². The normalized spacial score (nSPS) is 17.4. The number of ether oxygens (including phenoxy) is 1. The predicted molar refractivity (Wildman–Crippen MR) is 167 cm³/mol. The highest BCUT2D eigenvalue weighted by Gasteiger charge is 2.67. The molecule has 0 bridgehead atoms. The number of fused-ring (bicyclic) bond motifs is 12. The molecule has 1 atom stereocenters. The third kappa shape index (κ3) is 1.80. The Balaban J connectivity index is 1.45. The van der Waals surface area contributed by atoms with Gasteiger partial charge in [-0.05, 0) is 66.7 Å². The van der Waals surface area contributed by atoms with Crippen LogP contribution in [0.1, 0.15) is 11.1 Å². The largest absolute Gasteiger partial charge is 0.456 e. The molecule has 0 aliphatic carbocycles. The number of hydrogen-bond donors (Lipinski definition) is 0. The molecule has 0 amide bonds. The summed E-state index contributed by atoms with van der Waals surface area (Å²) in [4.78, 5) is 9.60. The van der Waals surface area contributed by atoms with Crippen molar-refractivity contribution in [3.8, 4) is 11.5 Å². The van der Waals surface area contributed by atoms with Crippen molar-refractivity contribution in [2.75, 3.05) is 0 Å². The molecule has 13 rings (SSSR count). The Morgan fingerprint density at radius 3 is 1.98 bits per heavy atom. The fourth-order valence-corrected chi connectivity index (χ4v) is 9.21. The first-order chi connectivity index (χ1) is 21.9. The van der Waals surface area contributed by atoms with Gasteiger partial charge in [-0.2, -0.15) is 17.9 Å². The second-order valence-corrected chi connectivity index (χ2v) is 12.2. The van der Waals surface area contributed by atoms with Crippen molar-refractivity contribution in [3.05, 3.63) is 121 Å². The van der Waals surface area contributed by atoms with Crippen molar-refractivity contribution in [1.29, 1.82) is 0 Å². The maximum absolute atomic E-state index is 6.92. The minimum atomic E-state index is -0.711. The number of para-hydroxylation sites is 4. The molecule has 0 radical (unpaired) electrons. The Morgan fingerprint density at radius 1 is 0.568 bits per heavy atom. The van der Waals surface area contributed by atoms with E-state index >= 15 is 0 Å². The molecule has 3 aliphatic rings. The lowest BCUT2D eigenvalue weighted by atomic mass is 9.85. The van der Waals surface area contributed by atoms with Gasteiger partial charge in [-0.15, -0.1) is 0 Å². The number of benzene rings is 4. The molecule has 3 aliphatic heterocycles. The van der Waals surface area contributed by atoms with E-state index < -0.39 is 5.66 Å². The fraction of sp³-hybridized carbons (Fsp3) is 0.0270. The number of pyridine rings is 4. The van der Waals surface area contributed by atoms with Crippen molar-refractivity contribution < 1.29 is 13.9 Å². The second-order valence-electron chi connectivity index (χ2n) is 12.2. The van der Waals surface area contributed by atoms with Crippen molar-refractivity contribution in [3.63, 3.8) is 0 Å². The van der Waals surface area contributed by atoms with Crippen molar-refractivity contribution in [1.82, 2.24) is 18.8 Å². The van der Waals surface area contributed by atoms with Gasteiger partial charge in [0.1, 0.15) is 22.6 Å². The Morgan fingerprint density at radius 2 is 1.23 bits per heavy atom. The van der Waals surface area contributed by atoms with E-state index in [2.05, 4.69) is 108 Å². The van der Waals surface area contributed by atoms with E-state index in [9.17, 15) is 0 Å². The summed E-state index contributed by atoms with van der Waals surface area (Å²) < 4.78 is 16.9. The smallest absolute Gasteiger partial charge is 0.316 e. The summed E-state index contributed by atoms with van der Waals surface area (Å²) in [6.07, 6.45) is 5.81. The molecule has 0 saturated carbocycles. The average molecular weight is 563 g/mol. The van der Waals surface area contributed by atoms with Gasteiger partial charge in [-0.3, -0.25) is 4.98 Å². The summed E-state index contributed by atoms with van der Waals surface area (Å²) in [6, 6.07) is 32.8. The van der Waals surface area contributed by atoms with Crippen LogP contribution in [0.25, 0.3) is 76.8 Å². The van der Waals surface area contributed by atoms with Gasteiger partial charge in [0.25, 0.3) is 0 Å². The van der Waals surface area contributed by atoms with E-state index in [1.165, 1.54) is 49.2 Å². The van der Waals surface area contributed by atoms with E-state index in [0.717, 1.165) is 50.2 Å². The molecule has 7 nitrogen and oxygen atoms in total. The van der Waals surface area contributed by atoms with Crippen LogP contribution in [0.5, 0.6) is 11.5 Å². The van der Waals surface area contributed by atoms with Crippen LogP contribution in [0.15, 0.2) is 110 Å². The summed E-state index contributed by atoms with van der Waals surface area (Å²) in [6.45, 7) is 0. The first-order valence-electron chi connectivity index (χ1n) is 14.9. The highest BCUT2D eigenvalue weighted by Crippen LogP contribution is 2.58. The van der Waals surface area contributed by atoms with Gasteiger partial charge in [0, 0.05) is 28.6 Å². The lowest BCUT2D eigenvalue weighted by Gasteiger charge is -2.31. The summed E-state index contributed by atoms with van der Waals surface area (Å²) >= 11 is 0. The van der Waals surface area contributed by atoms with E-state index in [1.807, 2.05) is 24.7 Å². The first kappa shape index (κ1) is 20.7. The topological polar surface area (TPSA) is 51.6 Å². The summed E-state index contributed by atoms with van der Waals surface area (Å²) in [7, 11) is 0. The first-order valence-corrected chi connectivity index (χ1v) is 14.9. The molecule has 0 saturated heterocycles. The van der Waals surface area contributed by atoms with Crippen molar-refractivity contribution >= 4 is 76.8 Å². The Labute approximate surface area is 247 Å². The van der Waals surface area contributed by atoms with Gasteiger partial charge < -0.3 is 4.74 Å². The third-order valence-corrected chi connectivity index (χ3v) is 10.5. The SMILES string of the molecule is c1cnc2c(c1)c1ccc3c4c1c1n2c2ccccc2[n+]1C41c2c(ccc4c5ccncc5n5c6ccccc6[n+]1c5c24)O3. The molecule has 10 aromatic rings.